The van der Waals surface area contributed by atoms with Crippen LogP contribution in [-0.2, 0) is 27.3 Å². The third-order valence-electron chi connectivity index (χ3n) is 4.88. The molecule has 0 spiro atoms. The fourth-order valence-electron chi connectivity index (χ4n) is 3.19. The van der Waals surface area contributed by atoms with Crippen LogP contribution < -0.4 is 4.74 Å². The van der Waals surface area contributed by atoms with Crippen LogP contribution in [0.15, 0.2) is 84.9 Å². The Morgan fingerprint density at radius 1 is 0.903 bits per heavy atom. The topological polar surface area (TPSA) is 44.8 Å². The van der Waals surface area contributed by atoms with Gasteiger partial charge in [-0.15, -0.1) is 0 Å². The minimum Gasteiger partial charge on any atom is -0.489 e. The Morgan fingerprint density at radius 2 is 1.61 bits per heavy atom. The van der Waals surface area contributed by atoms with Crippen LogP contribution in [0.3, 0.4) is 0 Å². The lowest BCUT2D eigenvalue weighted by Gasteiger charge is -2.16. The molecule has 0 aliphatic carbocycles. The lowest BCUT2D eigenvalue weighted by Crippen LogP contribution is -2.05. The highest BCUT2D eigenvalue weighted by Crippen LogP contribution is 2.24. The number of benzene rings is 3. The lowest BCUT2D eigenvalue weighted by molar-refractivity contribution is -0.137. The van der Waals surface area contributed by atoms with Crippen molar-refractivity contribution in [2.45, 2.75) is 26.1 Å². The van der Waals surface area contributed by atoms with Crippen LogP contribution >= 0.6 is 0 Å². The summed E-state index contributed by atoms with van der Waals surface area (Å²) in [5, 5.41) is 0. The molecule has 0 aromatic heterocycles. The predicted octanol–water partition coefficient (Wildman–Crippen LogP) is 5.77. The number of hydrogen-bond donors (Lipinski definition) is 0. The number of carbonyl (C=O) groups is 1. The first kappa shape index (κ1) is 22.3. The molecule has 31 heavy (non-hydrogen) atoms. The van der Waals surface area contributed by atoms with E-state index in [1.54, 1.807) is 20.1 Å². The van der Waals surface area contributed by atoms with Crippen molar-refractivity contribution < 1.29 is 19.0 Å². The molecular weight excluding hydrogens is 388 g/mol. The molecule has 4 nitrogen and oxygen atoms in total. The maximum atomic E-state index is 11.4. The van der Waals surface area contributed by atoms with Gasteiger partial charge in [-0.1, -0.05) is 66.7 Å². The average Bonchev–Trinajstić information content (AvgIpc) is 2.82. The highest BCUT2D eigenvalue weighted by molar-refractivity contribution is 5.87. The van der Waals surface area contributed by atoms with Gasteiger partial charge < -0.3 is 14.2 Å². The van der Waals surface area contributed by atoms with Crippen LogP contribution in [-0.4, -0.2) is 19.7 Å². The van der Waals surface area contributed by atoms with Crippen LogP contribution in [0.1, 0.15) is 35.3 Å². The van der Waals surface area contributed by atoms with Crippen molar-refractivity contribution >= 4 is 12.0 Å². The molecule has 0 saturated carbocycles. The molecule has 160 valence electrons. The van der Waals surface area contributed by atoms with Crippen molar-refractivity contribution in [1.29, 1.82) is 0 Å². The standard InChI is InChI=1S/C27H28O4/c1-3-30-27(28)18-13-21-9-14-24(15-10-21)26(29-2)19-22-11-16-25(17-12-22)31-20-23-7-5-4-6-8-23/h4-18,26H,3,19-20H2,1-2H3/b18-13+. The second-order valence-corrected chi connectivity index (χ2v) is 7.10. The number of esters is 1. The summed E-state index contributed by atoms with van der Waals surface area (Å²) < 4.78 is 16.5. The summed E-state index contributed by atoms with van der Waals surface area (Å²) in [6.45, 7) is 2.71. The quantitative estimate of drug-likeness (QED) is 0.311. The van der Waals surface area contributed by atoms with Crippen molar-refractivity contribution in [3.05, 3.63) is 107 Å². The Bertz CT molecular complexity index is 960. The third kappa shape index (κ3) is 7.12. The summed E-state index contributed by atoms with van der Waals surface area (Å²) in [6, 6.07) is 26.2. The lowest BCUT2D eigenvalue weighted by atomic mass is 10.00. The summed E-state index contributed by atoms with van der Waals surface area (Å²) in [7, 11) is 1.72. The molecule has 0 radical (unpaired) electrons. The first-order chi connectivity index (χ1) is 15.2. The van der Waals surface area contributed by atoms with Crippen molar-refractivity contribution in [1.82, 2.24) is 0 Å². The van der Waals surface area contributed by atoms with E-state index in [1.807, 2.05) is 54.6 Å². The van der Waals surface area contributed by atoms with E-state index in [4.69, 9.17) is 14.2 Å². The second kappa shape index (κ2) is 11.7. The van der Waals surface area contributed by atoms with E-state index >= 15 is 0 Å². The fraction of sp³-hybridized carbons (Fsp3) is 0.222. The van der Waals surface area contributed by atoms with Crippen molar-refractivity contribution in [2.24, 2.45) is 0 Å². The van der Waals surface area contributed by atoms with Crippen LogP contribution in [0.5, 0.6) is 5.75 Å². The van der Waals surface area contributed by atoms with Gasteiger partial charge in [-0.2, -0.15) is 0 Å². The Balaban J connectivity index is 1.57. The van der Waals surface area contributed by atoms with Gasteiger partial charge >= 0.3 is 5.97 Å². The normalized spacial score (nSPS) is 11.9. The minimum atomic E-state index is -0.336. The molecule has 0 N–H and O–H groups in total. The SMILES string of the molecule is CCOC(=O)/C=C/c1ccc(C(Cc2ccc(OCc3ccccc3)cc2)OC)cc1. The van der Waals surface area contributed by atoms with Crippen molar-refractivity contribution in [3.8, 4) is 5.75 Å². The molecule has 1 atom stereocenters. The minimum absolute atomic E-state index is 0.0563. The largest absolute Gasteiger partial charge is 0.489 e. The van der Waals surface area contributed by atoms with E-state index < -0.39 is 0 Å². The van der Waals surface area contributed by atoms with Gasteiger partial charge in [0.2, 0.25) is 0 Å². The molecular formula is C27H28O4. The van der Waals surface area contributed by atoms with Gasteiger partial charge in [0, 0.05) is 19.6 Å². The average molecular weight is 417 g/mol. The van der Waals surface area contributed by atoms with E-state index in [-0.39, 0.29) is 12.1 Å². The summed E-state index contributed by atoms with van der Waals surface area (Å²) in [5.41, 5.74) is 4.34. The zero-order chi connectivity index (χ0) is 21.9. The Kier molecular flexibility index (Phi) is 8.44. The van der Waals surface area contributed by atoms with E-state index in [0.717, 1.165) is 28.9 Å². The van der Waals surface area contributed by atoms with Crippen LogP contribution in [0.2, 0.25) is 0 Å². The van der Waals surface area contributed by atoms with Gasteiger partial charge in [-0.05, 0) is 47.4 Å². The molecule has 0 saturated heterocycles. The highest BCUT2D eigenvalue weighted by atomic mass is 16.5. The van der Waals surface area contributed by atoms with Gasteiger partial charge in [0.15, 0.2) is 0 Å². The van der Waals surface area contributed by atoms with Crippen LogP contribution in [0.4, 0.5) is 0 Å². The predicted molar refractivity (Wildman–Crippen MR) is 123 cm³/mol. The number of methoxy groups -OCH3 is 1. The maximum Gasteiger partial charge on any atom is 0.330 e. The summed E-state index contributed by atoms with van der Waals surface area (Å²) in [5.74, 6) is 0.511. The first-order valence-electron chi connectivity index (χ1n) is 10.4. The summed E-state index contributed by atoms with van der Waals surface area (Å²) >= 11 is 0. The second-order valence-electron chi connectivity index (χ2n) is 7.10. The molecule has 0 aliphatic heterocycles. The molecule has 0 fully saturated rings. The Hall–Kier alpha value is -3.37. The summed E-state index contributed by atoms with van der Waals surface area (Å²) in [6.07, 6.45) is 3.89. The van der Waals surface area contributed by atoms with E-state index in [2.05, 4.69) is 24.3 Å². The van der Waals surface area contributed by atoms with Crippen molar-refractivity contribution in [2.75, 3.05) is 13.7 Å². The zero-order valence-electron chi connectivity index (χ0n) is 18.0. The van der Waals surface area contributed by atoms with Crippen LogP contribution in [0, 0.1) is 0 Å². The molecule has 3 rings (SSSR count). The van der Waals surface area contributed by atoms with E-state index in [9.17, 15) is 4.79 Å². The van der Waals surface area contributed by atoms with Gasteiger partial charge in [0.05, 0.1) is 12.7 Å². The number of rotatable bonds is 10. The molecule has 0 heterocycles. The highest BCUT2D eigenvalue weighted by Gasteiger charge is 2.11. The molecule has 0 bridgehead atoms. The maximum absolute atomic E-state index is 11.4. The van der Waals surface area contributed by atoms with E-state index in [0.29, 0.717) is 13.2 Å². The number of ether oxygens (including phenoxy) is 3. The van der Waals surface area contributed by atoms with Crippen molar-refractivity contribution in [3.63, 3.8) is 0 Å². The van der Waals surface area contributed by atoms with Gasteiger partial charge in [0.25, 0.3) is 0 Å². The third-order valence-corrected chi connectivity index (χ3v) is 4.88. The first-order valence-corrected chi connectivity index (χ1v) is 10.4. The monoisotopic (exact) mass is 416 g/mol. The fourth-order valence-corrected chi connectivity index (χ4v) is 3.19. The van der Waals surface area contributed by atoms with Gasteiger partial charge in [-0.3, -0.25) is 0 Å². The number of carbonyl (C=O) groups excluding carboxylic acids is 1. The Morgan fingerprint density at radius 3 is 2.26 bits per heavy atom. The zero-order valence-corrected chi connectivity index (χ0v) is 18.0. The van der Waals surface area contributed by atoms with Crippen LogP contribution in [0.25, 0.3) is 6.08 Å². The van der Waals surface area contributed by atoms with Gasteiger partial charge in [-0.25, -0.2) is 4.79 Å². The molecule has 0 aliphatic rings. The molecule has 3 aromatic rings. The molecule has 4 heteroatoms. The molecule has 0 amide bonds. The Labute approximate surface area is 184 Å². The number of hydrogen-bond acceptors (Lipinski definition) is 4. The van der Waals surface area contributed by atoms with E-state index in [1.165, 1.54) is 11.6 Å². The molecule has 3 aromatic carbocycles. The summed E-state index contributed by atoms with van der Waals surface area (Å²) in [4.78, 5) is 11.4. The smallest absolute Gasteiger partial charge is 0.330 e. The molecule has 1 unspecified atom stereocenters. The van der Waals surface area contributed by atoms with Gasteiger partial charge in [0.1, 0.15) is 12.4 Å².